The lowest BCUT2D eigenvalue weighted by Crippen LogP contribution is -2.45. The van der Waals surface area contributed by atoms with Gasteiger partial charge in [0.05, 0.1) is 39.9 Å². The summed E-state index contributed by atoms with van der Waals surface area (Å²) in [6, 6.07) is -0.867. The second-order valence-electron chi connectivity index (χ2n) is 13.2. The number of likely N-dealkylation sites (N-methyl/N-ethyl adjacent to an activating group) is 1. The van der Waals surface area contributed by atoms with Gasteiger partial charge in [0.15, 0.2) is 0 Å². The maximum absolute atomic E-state index is 12.7. The van der Waals surface area contributed by atoms with E-state index in [4.69, 9.17) is 9.05 Å². The fourth-order valence-electron chi connectivity index (χ4n) is 4.54. The van der Waals surface area contributed by atoms with E-state index in [-0.39, 0.29) is 19.1 Å². The summed E-state index contributed by atoms with van der Waals surface area (Å²) in [5.74, 6) is -0.208. The molecular formula is C37H70N2O6P+. The molecule has 1 amide bonds. The molecule has 268 valence electrons. The number of rotatable bonds is 31. The summed E-state index contributed by atoms with van der Waals surface area (Å²) in [5.41, 5.74) is 0. The fraction of sp³-hybridized carbons (Fsp3) is 0.757. The Balaban J connectivity index is 4.63. The number of aliphatic hydroxyl groups is 1. The van der Waals surface area contributed by atoms with E-state index < -0.39 is 20.0 Å². The number of carbonyl (C=O) groups is 1. The topological polar surface area (TPSA) is 105 Å². The highest BCUT2D eigenvalue weighted by atomic mass is 31.2. The van der Waals surface area contributed by atoms with Crippen LogP contribution in [0.5, 0.6) is 0 Å². The van der Waals surface area contributed by atoms with Crippen molar-refractivity contribution in [3.8, 4) is 0 Å². The highest BCUT2D eigenvalue weighted by molar-refractivity contribution is 7.47. The maximum Gasteiger partial charge on any atom is 0.472 e. The maximum atomic E-state index is 12.7. The first kappa shape index (κ1) is 44.5. The molecule has 3 atom stereocenters. The molecule has 0 aromatic heterocycles. The third-order valence-electron chi connectivity index (χ3n) is 7.52. The summed E-state index contributed by atoms with van der Waals surface area (Å²) in [7, 11) is 1.53. The Morgan fingerprint density at radius 2 is 1.28 bits per heavy atom. The number of hydrogen-bond donors (Lipinski definition) is 3. The van der Waals surface area contributed by atoms with Gasteiger partial charge in [0.2, 0.25) is 5.91 Å². The quantitative estimate of drug-likeness (QED) is 0.0295. The van der Waals surface area contributed by atoms with E-state index in [2.05, 4.69) is 55.6 Å². The second-order valence-corrected chi connectivity index (χ2v) is 14.7. The zero-order chi connectivity index (χ0) is 34.4. The summed E-state index contributed by atoms with van der Waals surface area (Å²) >= 11 is 0. The average Bonchev–Trinajstić information content (AvgIpc) is 2.99. The van der Waals surface area contributed by atoms with E-state index in [9.17, 15) is 19.4 Å². The van der Waals surface area contributed by atoms with Gasteiger partial charge in [0.25, 0.3) is 0 Å². The monoisotopic (exact) mass is 669 g/mol. The van der Waals surface area contributed by atoms with Gasteiger partial charge in [-0.3, -0.25) is 13.8 Å². The van der Waals surface area contributed by atoms with Crippen LogP contribution in [0.25, 0.3) is 0 Å². The van der Waals surface area contributed by atoms with Crippen molar-refractivity contribution in [1.82, 2.24) is 5.32 Å². The van der Waals surface area contributed by atoms with Gasteiger partial charge in [-0.1, -0.05) is 114 Å². The zero-order valence-corrected chi connectivity index (χ0v) is 30.9. The first-order valence-corrected chi connectivity index (χ1v) is 19.5. The Morgan fingerprint density at radius 1 is 0.739 bits per heavy atom. The van der Waals surface area contributed by atoms with Crippen molar-refractivity contribution in [2.45, 2.75) is 142 Å². The lowest BCUT2D eigenvalue weighted by atomic mass is 10.1. The molecule has 0 bridgehead atoms. The van der Waals surface area contributed by atoms with Gasteiger partial charge in [0, 0.05) is 6.42 Å². The molecule has 8 nitrogen and oxygen atoms in total. The van der Waals surface area contributed by atoms with E-state index in [1.807, 2.05) is 27.2 Å². The van der Waals surface area contributed by atoms with Crippen LogP contribution in [0, 0.1) is 0 Å². The highest BCUT2D eigenvalue weighted by Gasteiger charge is 2.27. The Morgan fingerprint density at radius 3 is 1.93 bits per heavy atom. The van der Waals surface area contributed by atoms with Crippen LogP contribution in [0.15, 0.2) is 48.6 Å². The number of amides is 1. The molecule has 0 spiro atoms. The minimum atomic E-state index is -4.34. The Kier molecular flexibility index (Phi) is 28.6. The highest BCUT2D eigenvalue weighted by Crippen LogP contribution is 2.43. The number of carbonyl (C=O) groups excluding carboxylic acids is 1. The Hall–Kier alpha value is -1.54. The third kappa shape index (κ3) is 31.1. The molecular weight excluding hydrogens is 599 g/mol. The summed E-state index contributed by atoms with van der Waals surface area (Å²) in [6.45, 7) is 4.66. The Labute approximate surface area is 282 Å². The lowest BCUT2D eigenvalue weighted by Gasteiger charge is -2.25. The molecule has 46 heavy (non-hydrogen) atoms. The number of nitrogens with zero attached hydrogens (tertiary/aromatic N) is 1. The summed E-state index contributed by atoms with van der Waals surface area (Å²) in [6.07, 6.45) is 34.6. The molecule has 0 aliphatic rings. The first-order chi connectivity index (χ1) is 22.0. The number of unbranched alkanes of at least 4 members (excludes halogenated alkanes) is 12. The van der Waals surface area contributed by atoms with Crippen LogP contribution in [0.3, 0.4) is 0 Å². The molecule has 0 aliphatic carbocycles. The number of aliphatic hydroxyl groups excluding tert-OH is 1. The molecule has 0 rings (SSSR count). The molecule has 0 aliphatic heterocycles. The summed E-state index contributed by atoms with van der Waals surface area (Å²) in [4.78, 5) is 22.9. The predicted octanol–water partition coefficient (Wildman–Crippen LogP) is 8.96. The van der Waals surface area contributed by atoms with E-state index >= 15 is 0 Å². The second kappa shape index (κ2) is 29.6. The van der Waals surface area contributed by atoms with E-state index in [1.54, 1.807) is 6.08 Å². The number of phosphoric ester groups is 1. The van der Waals surface area contributed by atoms with Crippen molar-refractivity contribution in [1.29, 1.82) is 0 Å². The predicted molar refractivity (Wildman–Crippen MR) is 194 cm³/mol. The molecule has 0 aromatic rings. The SMILES string of the molecule is CCCC/C=C\C/C=C\CCCCCCCC(=O)NC(COP(=O)(O)OCC[N+](C)(C)C)C(O)/C=C/CC/C=C/CCCCCC. The Bertz CT molecular complexity index is 897. The molecule has 9 heteroatoms. The number of allylic oxidation sites excluding steroid dienone is 7. The molecule has 0 saturated carbocycles. The van der Waals surface area contributed by atoms with Gasteiger partial charge in [-0.25, -0.2) is 4.57 Å². The van der Waals surface area contributed by atoms with Gasteiger partial charge >= 0.3 is 7.82 Å². The minimum Gasteiger partial charge on any atom is -0.387 e. The van der Waals surface area contributed by atoms with Crippen LogP contribution >= 0.6 is 7.82 Å². The largest absolute Gasteiger partial charge is 0.472 e. The molecule has 3 N–H and O–H groups in total. The van der Waals surface area contributed by atoms with Crippen LogP contribution in [-0.2, 0) is 18.4 Å². The zero-order valence-electron chi connectivity index (χ0n) is 30.0. The van der Waals surface area contributed by atoms with Crippen molar-refractivity contribution >= 4 is 13.7 Å². The molecule has 0 saturated heterocycles. The van der Waals surface area contributed by atoms with Gasteiger partial charge < -0.3 is 19.8 Å². The third-order valence-corrected chi connectivity index (χ3v) is 8.51. The van der Waals surface area contributed by atoms with E-state index in [0.29, 0.717) is 17.4 Å². The molecule has 0 fully saturated rings. The van der Waals surface area contributed by atoms with Crippen molar-refractivity contribution < 1.29 is 32.9 Å². The van der Waals surface area contributed by atoms with Gasteiger partial charge in [-0.2, -0.15) is 0 Å². The lowest BCUT2D eigenvalue weighted by molar-refractivity contribution is -0.870. The van der Waals surface area contributed by atoms with Gasteiger partial charge in [-0.15, -0.1) is 0 Å². The van der Waals surface area contributed by atoms with Crippen molar-refractivity contribution in [3.05, 3.63) is 48.6 Å². The van der Waals surface area contributed by atoms with Crippen molar-refractivity contribution in [2.24, 2.45) is 0 Å². The smallest absolute Gasteiger partial charge is 0.387 e. The van der Waals surface area contributed by atoms with Crippen LogP contribution in [0.1, 0.15) is 129 Å². The standard InChI is InChI=1S/C37H69N2O6P/c1-6-8-10-12-14-16-18-19-20-21-23-25-27-29-31-37(41)38-35(34-45-46(42,43)44-33-32-39(3,4)5)36(40)30-28-26-24-22-17-15-13-11-9-7-2/h12,14,17-19,22,28,30,35-36,40H,6-11,13,15-16,20-21,23-27,29,31-34H2,1-5H3,(H-,38,41,42,43)/p+1/b14-12-,19-18-,22-17+,30-28+. The van der Waals surface area contributed by atoms with Crippen LogP contribution in [0.4, 0.5) is 0 Å². The molecule has 0 radical (unpaired) electrons. The average molecular weight is 670 g/mol. The number of nitrogens with one attached hydrogen (secondary N) is 1. The van der Waals surface area contributed by atoms with Gasteiger partial charge in [-0.05, 0) is 57.8 Å². The van der Waals surface area contributed by atoms with Crippen LogP contribution < -0.4 is 5.32 Å². The normalized spacial score (nSPS) is 15.4. The van der Waals surface area contributed by atoms with Gasteiger partial charge in [0.1, 0.15) is 13.2 Å². The first-order valence-electron chi connectivity index (χ1n) is 18.0. The van der Waals surface area contributed by atoms with Crippen molar-refractivity contribution in [3.63, 3.8) is 0 Å². The molecule has 0 aromatic carbocycles. The molecule has 0 heterocycles. The van der Waals surface area contributed by atoms with Crippen LogP contribution in [-0.4, -0.2) is 73.4 Å². The van der Waals surface area contributed by atoms with Crippen LogP contribution in [0.2, 0.25) is 0 Å². The minimum absolute atomic E-state index is 0.0512. The number of phosphoric acid groups is 1. The summed E-state index contributed by atoms with van der Waals surface area (Å²) in [5, 5.41) is 13.6. The van der Waals surface area contributed by atoms with E-state index in [0.717, 1.165) is 64.2 Å². The molecule has 3 unspecified atom stereocenters. The number of quaternary nitrogens is 1. The van der Waals surface area contributed by atoms with Crippen molar-refractivity contribution in [2.75, 3.05) is 40.9 Å². The summed E-state index contributed by atoms with van der Waals surface area (Å²) < 4.78 is 23.3. The fourth-order valence-corrected chi connectivity index (χ4v) is 5.28. The number of hydrogen-bond acceptors (Lipinski definition) is 5. The van der Waals surface area contributed by atoms with E-state index in [1.165, 1.54) is 44.9 Å².